The van der Waals surface area contributed by atoms with Crippen LogP contribution in [0.25, 0.3) is 0 Å². The minimum Gasteiger partial charge on any atom is -0.380 e. The zero-order chi connectivity index (χ0) is 15.5. The summed E-state index contributed by atoms with van der Waals surface area (Å²) in [6, 6.07) is 5.34. The van der Waals surface area contributed by atoms with E-state index in [1.165, 1.54) is 12.8 Å². The number of hydrogen-bond acceptors (Lipinski definition) is 4. The van der Waals surface area contributed by atoms with Crippen molar-refractivity contribution in [1.82, 2.24) is 4.90 Å². The van der Waals surface area contributed by atoms with Crippen LogP contribution in [0.1, 0.15) is 39.2 Å². The summed E-state index contributed by atoms with van der Waals surface area (Å²) in [7, 11) is 0. The summed E-state index contributed by atoms with van der Waals surface area (Å²) in [5.74, 6) is 0. The molecule has 5 heteroatoms. The fraction of sp³-hybridized carbons (Fsp3) is 0.625. The first-order chi connectivity index (χ1) is 9.93. The van der Waals surface area contributed by atoms with Crippen LogP contribution in [-0.2, 0) is 6.54 Å². The van der Waals surface area contributed by atoms with Crippen molar-refractivity contribution in [3.8, 4) is 0 Å². The van der Waals surface area contributed by atoms with Gasteiger partial charge < -0.3 is 5.32 Å². The molecule has 0 saturated carbocycles. The van der Waals surface area contributed by atoms with Crippen LogP contribution in [0.15, 0.2) is 18.2 Å². The second-order valence-corrected chi connectivity index (χ2v) is 6.54. The van der Waals surface area contributed by atoms with Gasteiger partial charge >= 0.3 is 0 Å². The average molecular weight is 291 g/mol. The van der Waals surface area contributed by atoms with Crippen LogP contribution in [0.3, 0.4) is 0 Å². The molecule has 0 aromatic heterocycles. The standard InChI is InChI=1S/C16H25N3O2/c1-4-17-15-13(6-5-7-14(15)19(20)21)12-18-10-8-16(2,3)9-11-18/h5-7,17H,4,8-12H2,1-3H3. The maximum atomic E-state index is 11.2. The lowest BCUT2D eigenvalue weighted by Gasteiger charge is -2.37. The van der Waals surface area contributed by atoms with E-state index in [9.17, 15) is 10.1 Å². The third-order valence-electron chi connectivity index (χ3n) is 4.28. The predicted molar refractivity (Wildman–Crippen MR) is 85.6 cm³/mol. The number of anilines is 1. The Morgan fingerprint density at radius 1 is 1.33 bits per heavy atom. The van der Waals surface area contributed by atoms with Crippen molar-refractivity contribution in [2.75, 3.05) is 25.0 Å². The first-order valence-electron chi connectivity index (χ1n) is 7.65. The summed E-state index contributed by atoms with van der Waals surface area (Å²) in [6.07, 6.45) is 2.36. The Hall–Kier alpha value is -1.62. The molecule has 0 unspecified atom stereocenters. The summed E-state index contributed by atoms with van der Waals surface area (Å²) < 4.78 is 0. The maximum Gasteiger partial charge on any atom is 0.292 e. The summed E-state index contributed by atoms with van der Waals surface area (Å²) in [6.45, 7) is 10.2. The molecular formula is C16H25N3O2. The van der Waals surface area contributed by atoms with E-state index in [1.54, 1.807) is 12.1 Å². The van der Waals surface area contributed by atoms with Gasteiger partial charge in [0.15, 0.2) is 0 Å². The minimum absolute atomic E-state index is 0.173. The van der Waals surface area contributed by atoms with Crippen molar-refractivity contribution >= 4 is 11.4 Å². The van der Waals surface area contributed by atoms with Gasteiger partial charge in [-0.15, -0.1) is 0 Å². The van der Waals surface area contributed by atoms with E-state index in [-0.39, 0.29) is 10.6 Å². The van der Waals surface area contributed by atoms with Crippen LogP contribution in [0, 0.1) is 15.5 Å². The summed E-state index contributed by atoms with van der Waals surface area (Å²) in [5.41, 5.74) is 2.29. The molecule has 0 bridgehead atoms. The van der Waals surface area contributed by atoms with Gasteiger partial charge in [-0.1, -0.05) is 26.0 Å². The molecule has 1 N–H and O–H groups in total. The van der Waals surface area contributed by atoms with Crippen molar-refractivity contribution in [2.45, 2.75) is 40.2 Å². The molecule has 1 fully saturated rings. The number of piperidine rings is 1. The molecule has 0 aliphatic carbocycles. The van der Waals surface area contributed by atoms with Gasteiger partial charge in [0.25, 0.3) is 5.69 Å². The molecule has 0 atom stereocenters. The van der Waals surface area contributed by atoms with E-state index >= 15 is 0 Å². The molecular weight excluding hydrogens is 266 g/mol. The second kappa shape index (κ2) is 6.43. The summed E-state index contributed by atoms with van der Waals surface area (Å²) >= 11 is 0. The Morgan fingerprint density at radius 3 is 2.57 bits per heavy atom. The largest absolute Gasteiger partial charge is 0.380 e. The maximum absolute atomic E-state index is 11.2. The smallest absolute Gasteiger partial charge is 0.292 e. The van der Waals surface area contributed by atoms with Gasteiger partial charge in [-0.2, -0.15) is 0 Å². The molecule has 1 heterocycles. The average Bonchev–Trinajstić information content (AvgIpc) is 2.43. The number of likely N-dealkylation sites (tertiary alicyclic amines) is 1. The Kier molecular flexibility index (Phi) is 4.83. The van der Waals surface area contributed by atoms with Gasteiger partial charge in [0, 0.05) is 19.2 Å². The lowest BCUT2D eigenvalue weighted by atomic mass is 9.82. The molecule has 0 amide bonds. The SMILES string of the molecule is CCNc1c(CN2CCC(C)(C)CC2)cccc1[N+](=O)[O-]. The molecule has 116 valence electrons. The second-order valence-electron chi connectivity index (χ2n) is 6.54. The van der Waals surface area contributed by atoms with Gasteiger partial charge in [-0.05, 0) is 43.8 Å². The van der Waals surface area contributed by atoms with Gasteiger partial charge in [-0.3, -0.25) is 15.0 Å². The van der Waals surface area contributed by atoms with Crippen LogP contribution in [0.5, 0.6) is 0 Å². The fourth-order valence-electron chi connectivity index (χ4n) is 2.81. The monoisotopic (exact) mass is 291 g/mol. The van der Waals surface area contributed by atoms with E-state index in [0.717, 1.165) is 25.2 Å². The Morgan fingerprint density at radius 2 is 2.00 bits per heavy atom. The highest BCUT2D eigenvalue weighted by Gasteiger charge is 2.26. The van der Waals surface area contributed by atoms with Crippen molar-refractivity contribution in [3.63, 3.8) is 0 Å². The molecule has 1 aromatic rings. The third kappa shape index (κ3) is 3.94. The van der Waals surface area contributed by atoms with E-state index < -0.39 is 0 Å². The number of rotatable bonds is 5. The lowest BCUT2D eigenvalue weighted by Crippen LogP contribution is -2.36. The molecule has 1 aliphatic rings. The minimum atomic E-state index is -0.305. The molecule has 0 spiro atoms. The van der Waals surface area contributed by atoms with Gasteiger partial charge in [-0.25, -0.2) is 0 Å². The Bertz CT molecular complexity index is 504. The number of nitrogens with zero attached hydrogens (tertiary/aromatic N) is 2. The van der Waals surface area contributed by atoms with E-state index in [2.05, 4.69) is 24.1 Å². The summed E-state index contributed by atoms with van der Waals surface area (Å²) in [5, 5.41) is 14.3. The molecule has 1 aliphatic heterocycles. The zero-order valence-electron chi connectivity index (χ0n) is 13.2. The first-order valence-corrected chi connectivity index (χ1v) is 7.65. The number of nitro benzene ring substituents is 1. The number of benzene rings is 1. The Labute approximate surface area is 126 Å². The van der Waals surface area contributed by atoms with Crippen LogP contribution in [-0.4, -0.2) is 29.5 Å². The van der Waals surface area contributed by atoms with Gasteiger partial charge in [0.1, 0.15) is 5.69 Å². The fourth-order valence-corrected chi connectivity index (χ4v) is 2.81. The molecule has 1 aromatic carbocycles. The van der Waals surface area contributed by atoms with Gasteiger partial charge in [0.2, 0.25) is 0 Å². The topological polar surface area (TPSA) is 58.4 Å². The van der Waals surface area contributed by atoms with Crippen molar-refractivity contribution < 1.29 is 4.92 Å². The highest BCUT2D eigenvalue weighted by atomic mass is 16.6. The van der Waals surface area contributed by atoms with Crippen LogP contribution < -0.4 is 5.32 Å². The van der Waals surface area contributed by atoms with Crippen molar-refractivity contribution in [2.24, 2.45) is 5.41 Å². The van der Waals surface area contributed by atoms with E-state index in [4.69, 9.17) is 0 Å². The molecule has 21 heavy (non-hydrogen) atoms. The molecule has 2 rings (SSSR count). The highest BCUT2D eigenvalue weighted by molar-refractivity contribution is 5.66. The predicted octanol–water partition coefficient (Wildman–Crippen LogP) is 3.65. The quantitative estimate of drug-likeness (QED) is 0.664. The molecule has 1 saturated heterocycles. The van der Waals surface area contributed by atoms with Crippen LogP contribution in [0.2, 0.25) is 0 Å². The van der Waals surface area contributed by atoms with Crippen molar-refractivity contribution in [3.05, 3.63) is 33.9 Å². The van der Waals surface area contributed by atoms with Gasteiger partial charge in [0.05, 0.1) is 4.92 Å². The number of nitro groups is 1. The third-order valence-corrected chi connectivity index (χ3v) is 4.28. The Balaban J connectivity index is 2.16. The number of para-hydroxylation sites is 1. The zero-order valence-corrected chi connectivity index (χ0v) is 13.2. The first kappa shape index (κ1) is 15.8. The van der Waals surface area contributed by atoms with Crippen molar-refractivity contribution in [1.29, 1.82) is 0 Å². The van der Waals surface area contributed by atoms with E-state index in [0.29, 0.717) is 17.6 Å². The summed E-state index contributed by atoms with van der Waals surface area (Å²) in [4.78, 5) is 13.3. The normalized spacial score (nSPS) is 18.4. The highest BCUT2D eigenvalue weighted by Crippen LogP contribution is 2.33. The lowest BCUT2D eigenvalue weighted by molar-refractivity contribution is -0.384. The molecule has 5 nitrogen and oxygen atoms in total. The number of hydrogen-bond donors (Lipinski definition) is 1. The molecule has 0 radical (unpaired) electrons. The number of nitrogens with one attached hydrogen (secondary N) is 1. The van der Waals surface area contributed by atoms with E-state index in [1.807, 2.05) is 13.0 Å². The van der Waals surface area contributed by atoms with Crippen LogP contribution >= 0.6 is 0 Å². The van der Waals surface area contributed by atoms with Crippen LogP contribution in [0.4, 0.5) is 11.4 Å².